The van der Waals surface area contributed by atoms with Gasteiger partial charge in [0.2, 0.25) is 0 Å². The van der Waals surface area contributed by atoms with Gasteiger partial charge in [-0.2, -0.15) is 0 Å². The van der Waals surface area contributed by atoms with Crippen molar-refractivity contribution in [2.75, 3.05) is 26.2 Å². The number of hydrogen-bond donors (Lipinski definition) is 1. The SMILES string of the molecule is NCCC1CCCCN1CCc1ccc2c(c1)CCO2. The molecule has 110 valence electrons. The first-order valence-electron chi connectivity index (χ1n) is 8.05. The molecular weight excluding hydrogens is 248 g/mol. The van der Waals surface area contributed by atoms with Crippen LogP contribution in [0.4, 0.5) is 0 Å². The number of likely N-dealkylation sites (tertiary alicyclic amines) is 1. The quantitative estimate of drug-likeness (QED) is 0.896. The molecule has 3 heteroatoms. The summed E-state index contributed by atoms with van der Waals surface area (Å²) in [5.74, 6) is 1.09. The Balaban J connectivity index is 1.57. The van der Waals surface area contributed by atoms with Gasteiger partial charge >= 0.3 is 0 Å². The second kappa shape index (κ2) is 6.59. The van der Waals surface area contributed by atoms with Crippen LogP contribution in [0.3, 0.4) is 0 Å². The Morgan fingerprint density at radius 1 is 1.30 bits per heavy atom. The van der Waals surface area contributed by atoms with Gasteiger partial charge in [-0.05, 0) is 56.0 Å². The van der Waals surface area contributed by atoms with Crippen molar-refractivity contribution >= 4 is 0 Å². The maximum Gasteiger partial charge on any atom is 0.122 e. The first-order chi connectivity index (χ1) is 9.86. The summed E-state index contributed by atoms with van der Waals surface area (Å²) in [6.07, 6.45) is 7.42. The van der Waals surface area contributed by atoms with Gasteiger partial charge < -0.3 is 15.4 Å². The van der Waals surface area contributed by atoms with Crippen LogP contribution in [0, 0.1) is 0 Å². The molecule has 1 aromatic rings. The highest BCUT2D eigenvalue weighted by Gasteiger charge is 2.21. The van der Waals surface area contributed by atoms with E-state index in [1.807, 2.05) is 0 Å². The van der Waals surface area contributed by atoms with E-state index in [4.69, 9.17) is 10.5 Å². The Bertz CT molecular complexity index is 445. The van der Waals surface area contributed by atoms with Crippen molar-refractivity contribution in [2.24, 2.45) is 5.73 Å². The van der Waals surface area contributed by atoms with E-state index in [-0.39, 0.29) is 0 Å². The van der Waals surface area contributed by atoms with Crippen LogP contribution < -0.4 is 10.5 Å². The highest BCUT2D eigenvalue weighted by atomic mass is 16.5. The van der Waals surface area contributed by atoms with Gasteiger partial charge in [-0.15, -0.1) is 0 Å². The molecular formula is C17H26N2O. The Labute approximate surface area is 122 Å². The number of piperidine rings is 1. The highest BCUT2D eigenvalue weighted by molar-refractivity contribution is 5.39. The van der Waals surface area contributed by atoms with Crippen LogP contribution in [0.25, 0.3) is 0 Å². The zero-order valence-corrected chi connectivity index (χ0v) is 12.3. The summed E-state index contributed by atoms with van der Waals surface area (Å²) in [4.78, 5) is 2.65. The lowest BCUT2D eigenvalue weighted by Crippen LogP contribution is -2.41. The lowest BCUT2D eigenvalue weighted by Gasteiger charge is -2.35. The van der Waals surface area contributed by atoms with E-state index < -0.39 is 0 Å². The summed E-state index contributed by atoms with van der Waals surface area (Å²) in [5, 5.41) is 0. The van der Waals surface area contributed by atoms with Crippen LogP contribution in [-0.2, 0) is 12.8 Å². The second-order valence-corrected chi connectivity index (χ2v) is 6.05. The van der Waals surface area contributed by atoms with Gasteiger partial charge in [-0.25, -0.2) is 0 Å². The average Bonchev–Trinajstić information content (AvgIpc) is 2.94. The topological polar surface area (TPSA) is 38.5 Å². The molecule has 1 aromatic carbocycles. The maximum absolute atomic E-state index is 5.75. The molecule has 1 saturated heterocycles. The van der Waals surface area contributed by atoms with E-state index >= 15 is 0 Å². The van der Waals surface area contributed by atoms with Crippen molar-refractivity contribution in [1.82, 2.24) is 4.90 Å². The predicted molar refractivity (Wildman–Crippen MR) is 82.2 cm³/mol. The molecule has 2 aliphatic rings. The lowest BCUT2D eigenvalue weighted by molar-refractivity contribution is 0.144. The van der Waals surface area contributed by atoms with E-state index in [1.165, 1.54) is 43.5 Å². The summed E-state index contributed by atoms with van der Waals surface area (Å²) in [6.45, 7) is 4.09. The minimum atomic E-state index is 0.714. The van der Waals surface area contributed by atoms with Crippen molar-refractivity contribution in [2.45, 2.75) is 44.6 Å². The third-order valence-corrected chi connectivity index (χ3v) is 4.69. The monoisotopic (exact) mass is 274 g/mol. The molecule has 3 rings (SSSR count). The van der Waals surface area contributed by atoms with Crippen LogP contribution in [0.15, 0.2) is 18.2 Å². The maximum atomic E-state index is 5.75. The van der Waals surface area contributed by atoms with Gasteiger partial charge in [0.15, 0.2) is 0 Å². The number of rotatable bonds is 5. The molecule has 0 spiro atoms. The molecule has 1 unspecified atom stereocenters. The van der Waals surface area contributed by atoms with E-state index in [0.29, 0.717) is 6.04 Å². The number of hydrogen-bond acceptors (Lipinski definition) is 3. The van der Waals surface area contributed by atoms with Gasteiger partial charge in [-0.3, -0.25) is 0 Å². The summed E-state index contributed by atoms with van der Waals surface area (Å²) in [7, 11) is 0. The molecule has 2 aliphatic heterocycles. The third kappa shape index (κ3) is 3.15. The van der Waals surface area contributed by atoms with Gasteiger partial charge in [-0.1, -0.05) is 18.6 Å². The van der Waals surface area contributed by atoms with Gasteiger partial charge in [0, 0.05) is 19.0 Å². The zero-order chi connectivity index (χ0) is 13.8. The number of benzene rings is 1. The van der Waals surface area contributed by atoms with Crippen LogP contribution in [0.5, 0.6) is 5.75 Å². The fourth-order valence-electron chi connectivity index (χ4n) is 3.54. The number of nitrogens with two attached hydrogens (primary N) is 1. The number of ether oxygens (including phenoxy) is 1. The third-order valence-electron chi connectivity index (χ3n) is 4.69. The molecule has 3 nitrogen and oxygen atoms in total. The van der Waals surface area contributed by atoms with Crippen molar-refractivity contribution < 1.29 is 4.74 Å². The van der Waals surface area contributed by atoms with Gasteiger partial charge in [0.05, 0.1) is 6.61 Å². The van der Waals surface area contributed by atoms with E-state index in [9.17, 15) is 0 Å². The molecule has 1 atom stereocenters. The standard InChI is InChI=1S/C17H26N2O/c18-9-6-16-3-1-2-10-19(16)11-7-14-4-5-17-15(13-14)8-12-20-17/h4-5,13,16H,1-3,6-12,18H2. The van der Waals surface area contributed by atoms with Crippen molar-refractivity contribution in [3.63, 3.8) is 0 Å². The Morgan fingerprint density at radius 3 is 3.15 bits per heavy atom. The Kier molecular flexibility index (Phi) is 4.58. The Morgan fingerprint density at radius 2 is 2.25 bits per heavy atom. The first-order valence-corrected chi connectivity index (χ1v) is 8.05. The molecule has 0 radical (unpaired) electrons. The summed E-state index contributed by atoms with van der Waals surface area (Å²) in [6, 6.07) is 7.42. The minimum Gasteiger partial charge on any atom is -0.493 e. The molecule has 0 aromatic heterocycles. The summed E-state index contributed by atoms with van der Waals surface area (Å²) < 4.78 is 5.57. The second-order valence-electron chi connectivity index (χ2n) is 6.05. The van der Waals surface area contributed by atoms with Crippen LogP contribution in [-0.4, -0.2) is 37.2 Å². The first kappa shape index (κ1) is 13.9. The smallest absolute Gasteiger partial charge is 0.122 e. The largest absolute Gasteiger partial charge is 0.493 e. The van der Waals surface area contributed by atoms with E-state index in [1.54, 1.807) is 0 Å². The fourth-order valence-corrected chi connectivity index (χ4v) is 3.54. The van der Waals surface area contributed by atoms with E-state index in [2.05, 4.69) is 23.1 Å². The average molecular weight is 274 g/mol. The normalized spacial score (nSPS) is 22.6. The molecule has 0 bridgehead atoms. The molecule has 0 amide bonds. The molecule has 20 heavy (non-hydrogen) atoms. The predicted octanol–water partition coefficient (Wildman–Crippen LogP) is 2.37. The summed E-state index contributed by atoms with van der Waals surface area (Å²) in [5.41, 5.74) is 8.59. The molecule has 2 N–H and O–H groups in total. The minimum absolute atomic E-state index is 0.714. The molecule has 0 saturated carbocycles. The number of nitrogens with zero attached hydrogens (tertiary/aromatic N) is 1. The van der Waals surface area contributed by atoms with Crippen molar-refractivity contribution in [1.29, 1.82) is 0 Å². The fraction of sp³-hybridized carbons (Fsp3) is 0.647. The van der Waals surface area contributed by atoms with Crippen LogP contribution in [0.2, 0.25) is 0 Å². The van der Waals surface area contributed by atoms with Gasteiger partial charge in [0.25, 0.3) is 0 Å². The van der Waals surface area contributed by atoms with Crippen LogP contribution in [0.1, 0.15) is 36.8 Å². The Hall–Kier alpha value is -1.06. The lowest BCUT2D eigenvalue weighted by atomic mass is 9.98. The van der Waals surface area contributed by atoms with Gasteiger partial charge in [0.1, 0.15) is 5.75 Å². The molecule has 2 heterocycles. The molecule has 1 fully saturated rings. The van der Waals surface area contributed by atoms with Crippen molar-refractivity contribution in [3.8, 4) is 5.75 Å². The van der Waals surface area contributed by atoms with Crippen LogP contribution >= 0.6 is 0 Å². The zero-order valence-electron chi connectivity index (χ0n) is 12.3. The molecule has 0 aliphatic carbocycles. The summed E-state index contributed by atoms with van der Waals surface area (Å²) >= 11 is 0. The van der Waals surface area contributed by atoms with Crippen molar-refractivity contribution in [3.05, 3.63) is 29.3 Å². The number of fused-ring (bicyclic) bond motifs is 1. The van der Waals surface area contributed by atoms with E-state index in [0.717, 1.165) is 38.2 Å². The highest BCUT2D eigenvalue weighted by Crippen LogP contribution is 2.26.